The van der Waals surface area contributed by atoms with E-state index in [0.717, 1.165) is 0 Å². The van der Waals surface area contributed by atoms with E-state index < -0.39 is 0 Å². The van der Waals surface area contributed by atoms with Crippen molar-refractivity contribution in [1.29, 1.82) is 0 Å². The third-order valence-electron chi connectivity index (χ3n) is 8.32. The van der Waals surface area contributed by atoms with Gasteiger partial charge in [-0.2, -0.15) is 0 Å². The Morgan fingerprint density at radius 1 is 0.371 bits per heavy atom. The largest absolute Gasteiger partial charge is 0.483 e. The Labute approximate surface area is 204 Å². The molecule has 0 amide bonds. The maximum Gasteiger partial charge on any atom is 0.348 e. The Balaban J connectivity index is 1.46. The SMILES string of the molecule is c1cc2c3c(c1)-c1cccc4cccc(c14)B3OB1c3c-2cccc3-c2cccc3cccc1c23. The number of hydrogen-bond donors (Lipinski definition) is 0. The van der Waals surface area contributed by atoms with Gasteiger partial charge in [-0.05, 0) is 76.8 Å². The van der Waals surface area contributed by atoms with E-state index in [0.29, 0.717) is 0 Å². The second kappa shape index (κ2) is 6.33. The molecule has 0 aliphatic carbocycles. The van der Waals surface area contributed by atoms with Crippen molar-refractivity contribution in [2.75, 3.05) is 0 Å². The lowest BCUT2D eigenvalue weighted by molar-refractivity contribution is 0.635. The van der Waals surface area contributed by atoms with Gasteiger partial charge in [0.15, 0.2) is 0 Å². The van der Waals surface area contributed by atoms with Gasteiger partial charge in [0, 0.05) is 0 Å². The molecule has 0 N–H and O–H groups in total. The zero-order chi connectivity index (χ0) is 22.7. The van der Waals surface area contributed by atoms with Crippen LogP contribution in [0.2, 0.25) is 0 Å². The second-order valence-electron chi connectivity index (χ2n) is 9.93. The molecule has 3 aliphatic heterocycles. The van der Waals surface area contributed by atoms with Gasteiger partial charge in [-0.25, -0.2) is 0 Å². The molecule has 3 heteroatoms. The van der Waals surface area contributed by atoms with Crippen LogP contribution in [0.1, 0.15) is 0 Å². The number of fused-ring (bicyclic) bond motifs is 5. The molecule has 6 aromatic carbocycles. The lowest BCUT2D eigenvalue weighted by Crippen LogP contribution is -2.57. The average Bonchev–Trinajstić information content (AvgIpc) is 3.07. The molecule has 0 fully saturated rings. The Kier molecular flexibility index (Phi) is 3.30. The van der Waals surface area contributed by atoms with E-state index in [1.165, 1.54) is 76.8 Å². The van der Waals surface area contributed by atoms with Gasteiger partial charge in [-0.15, -0.1) is 0 Å². The first kappa shape index (κ1) is 18.3. The van der Waals surface area contributed by atoms with Gasteiger partial charge < -0.3 is 4.57 Å². The predicted octanol–water partition coefficient (Wildman–Crippen LogP) is 4.86. The Morgan fingerprint density at radius 2 is 0.714 bits per heavy atom. The van der Waals surface area contributed by atoms with Crippen LogP contribution in [0.4, 0.5) is 0 Å². The molecule has 0 saturated carbocycles. The highest BCUT2D eigenvalue weighted by molar-refractivity contribution is 6.97. The Bertz CT molecular complexity index is 1760. The van der Waals surface area contributed by atoms with Crippen molar-refractivity contribution in [2.24, 2.45) is 0 Å². The van der Waals surface area contributed by atoms with E-state index in [9.17, 15) is 0 Å². The van der Waals surface area contributed by atoms with Crippen molar-refractivity contribution in [3.8, 4) is 33.4 Å². The third kappa shape index (κ3) is 2.16. The fraction of sp³-hybridized carbons (Fsp3) is 0. The van der Waals surface area contributed by atoms with Gasteiger partial charge in [-0.3, -0.25) is 0 Å². The minimum absolute atomic E-state index is 0.120. The first-order valence-electron chi connectivity index (χ1n) is 12.3. The van der Waals surface area contributed by atoms with Crippen LogP contribution in [-0.4, -0.2) is 13.8 Å². The molecule has 0 saturated heterocycles. The minimum Gasteiger partial charge on any atom is -0.483 e. The van der Waals surface area contributed by atoms with Crippen molar-refractivity contribution in [3.05, 3.63) is 109 Å². The minimum atomic E-state index is -0.120. The van der Waals surface area contributed by atoms with Crippen LogP contribution in [0.5, 0.6) is 0 Å². The van der Waals surface area contributed by atoms with Gasteiger partial charge in [-0.1, -0.05) is 109 Å². The summed E-state index contributed by atoms with van der Waals surface area (Å²) in [6, 6.07) is 40.3. The molecule has 0 aromatic heterocycles. The summed E-state index contributed by atoms with van der Waals surface area (Å²) in [6.07, 6.45) is 0. The maximum absolute atomic E-state index is 7.32. The van der Waals surface area contributed by atoms with Crippen LogP contribution in [0.3, 0.4) is 0 Å². The molecule has 3 aliphatic rings. The van der Waals surface area contributed by atoms with Crippen molar-refractivity contribution in [2.45, 2.75) is 0 Å². The summed E-state index contributed by atoms with van der Waals surface area (Å²) in [7, 11) is 0. The average molecular weight is 440 g/mol. The summed E-state index contributed by atoms with van der Waals surface area (Å²) >= 11 is 0. The molecular formula is C32H18B2O. The van der Waals surface area contributed by atoms with Gasteiger partial charge in [0.1, 0.15) is 0 Å². The van der Waals surface area contributed by atoms with Crippen LogP contribution in [0.25, 0.3) is 54.9 Å². The molecule has 0 bridgehead atoms. The van der Waals surface area contributed by atoms with Crippen LogP contribution < -0.4 is 21.9 Å². The van der Waals surface area contributed by atoms with Gasteiger partial charge >= 0.3 is 13.8 Å². The molecule has 0 radical (unpaired) electrons. The Hall–Kier alpha value is -4.07. The van der Waals surface area contributed by atoms with E-state index in [4.69, 9.17) is 4.57 Å². The molecule has 9 rings (SSSR count). The van der Waals surface area contributed by atoms with E-state index in [-0.39, 0.29) is 13.8 Å². The highest BCUT2D eigenvalue weighted by Gasteiger charge is 2.44. The molecular weight excluding hydrogens is 422 g/mol. The lowest BCUT2D eigenvalue weighted by Gasteiger charge is -2.30. The van der Waals surface area contributed by atoms with Crippen LogP contribution in [0.15, 0.2) is 109 Å². The smallest absolute Gasteiger partial charge is 0.348 e. The zero-order valence-electron chi connectivity index (χ0n) is 19.0. The van der Waals surface area contributed by atoms with Crippen LogP contribution in [-0.2, 0) is 4.57 Å². The third-order valence-corrected chi connectivity index (χ3v) is 8.32. The lowest BCUT2D eigenvalue weighted by atomic mass is 9.44. The quantitative estimate of drug-likeness (QED) is 0.307. The standard InChI is InChI=1S/C32H18B2O/c1-7-19-9-3-17-27-29(19)21(11-1)23-13-5-15-25-26-16-6-14-24-22-12-2-8-20-10-4-18-28(30(20)22)34(32(24)26)35-33(27)31(23)25/h1-18H. The molecule has 1 nitrogen and oxygen atoms in total. The van der Waals surface area contributed by atoms with Gasteiger partial charge in [0.05, 0.1) is 0 Å². The highest BCUT2D eigenvalue weighted by atomic mass is 16.4. The topological polar surface area (TPSA) is 9.23 Å². The second-order valence-corrected chi connectivity index (χ2v) is 9.93. The maximum atomic E-state index is 7.32. The zero-order valence-corrected chi connectivity index (χ0v) is 19.0. The van der Waals surface area contributed by atoms with Crippen molar-refractivity contribution >= 4 is 57.2 Å². The molecule has 35 heavy (non-hydrogen) atoms. The fourth-order valence-electron chi connectivity index (χ4n) is 6.99. The van der Waals surface area contributed by atoms with Crippen molar-refractivity contribution in [1.82, 2.24) is 0 Å². The first-order chi connectivity index (χ1) is 17.4. The van der Waals surface area contributed by atoms with E-state index in [1.807, 2.05) is 0 Å². The molecule has 6 aromatic rings. The van der Waals surface area contributed by atoms with Crippen molar-refractivity contribution in [3.63, 3.8) is 0 Å². The summed E-state index contributed by atoms with van der Waals surface area (Å²) in [5.41, 5.74) is 13.0. The molecule has 3 heterocycles. The number of hydrogen-bond acceptors (Lipinski definition) is 1. The molecule has 0 unspecified atom stereocenters. The summed E-state index contributed by atoms with van der Waals surface area (Å²) < 4.78 is 7.32. The van der Waals surface area contributed by atoms with Gasteiger partial charge in [0.2, 0.25) is 0 Å². The summed E-state index contributed by atoms with van der Waals surface area (Å²) in [4.78, 5) is 0. The van der Waals surface area contributed by atoms with Crippen molar-refractivity contribution < 1.29 is 4.57 Å². The van der Waals surface area contributed by atoms with Gasteiger partial charge in [0.25, 0.3) is 0 Å². The predicted molar refractivity (Wildman–Crippen MR) is 149 cm³/mol. The summed E-state index contributed by atoms with van der Waals surface area (Å²) in [6.45, 7) is -0.240. The van der Waals surface area contributed by atoms with Crippen LogP contribution >= 0.6 is 0 Å². The normalized spacial score (nSPS) is 14.1. The summed E-state index contributed by atoms with van der Waals surface area (Å²) in [5.74, 6) is 0. The molecule has 158 valence electrons. The van der Waals surface area contributed by atoms with Crippen LogP contribution in [0, 0.1) is 0 Å². The number of rotatable bonds is 0. The fourth-order valence-corrected chi connectivity index (χ4v) is 6.99. The first-order valence-corrected chi connectivity index (χ1v) is 12.3. The Morgan fingerprint density at radius 3 is 1.17 bits per heavy atom. The van der Waals surface area contributed by atoms with E-state index >= 15 is 0 Å². The number of benzene rings is 6. The highest BCUT2D eigenvalue weighted by Crippen LogP contribution is 2.38. The van der Waals surface area contributed by atoms with E-state index in [1.54, 1.807) is 0 Å². The summed E-state index contributed by atoms with van der Waals surface area (Å²) in [5, 5.41) is 5.20. The molecule has 0 atom stereocenters. The monoisotopic (exact) mass is 440 g/mol. The molecule has 0 spiro atoms. The van der Waals surface area contributed by atoms with E-state index in [2.05, 4.69) is 109 Å².